The Labute approximate surface area is 159 Å². The van der Waals surface area contributed by atoms with Crippen LogP contribution >= 0.6 is 0 Å². The van der Waals surface area contributed by atoms with Gasteiger partial charge in [-0.3, -0.25) is 19.5 Å². The Hall–Kier alpha value is -2.73. The summed E-state index contributed by atoms with van der Waals surface area (Å²) in [6.07, 6.45) is 3.75. The number of nitrogens with zero attached hydrogens (tertiary/aromatic N) is 2. The van der Waals surface area contributed by atoms with Crippen molar-refractivity contribution in [2.45, 2.75) is 26.4 Å². The standard InChI is InChI=1S/C21H25N3O3/c1-15-2-4-17(5-3-15)12-24-13-18(10-19(14-24)21(26)27)20(25)23-11-16-6-8-22-9-7-16/h2-9,18-19H,10-14H2,1H3,(H,23,25)(H,26,27)/t18-,19-/m1/s1. The molecular formula is C21H25N3O3. The van der Waals surface area contributed by atoms with Gasteiger partial charge in [0.2, 0.25) is 5.91 Å². The first-order valence-corrected chi connectivity index (χ1v) is 9.18. The molecule has 1 fully saturated rings. The van der Waals surface area contributed by atoms with E-state index in [9.17, 15) is 14.7 Å². The van der Waals surface area contributed by atoms with Gasteiger partial charge in [-0.05, 0) is 36.6 Å². The number of amides is 1. The average molecular weight is 367 g/mol. The number of piperidine rings is 1. The molecule has 6 nitrogen and oxygen atoms in total. The van der Waals surface area contributed by atoms with Crippen LogP contribution in [-0.4, -0.2) is 40.0 Å². The summed E-state index contributed by atoms with van der Waals surface area (Å²) in [5.74, 6) is -1.78. The molecule has 2 aromatic rings. The Bertz CT molecular complexity index is 777. The molecule has 2 atom stereocenters. The minimum Gasteiger partial charge on any atom is -0.481 e. The Morgan fingerprint density at radius 1 is 1.07 bits per heavy atom. The lowest BCUT2D eigenvalue weighted by Gasteiger charge is -2.35. The van der Waals surface area contributed by atoms with Gasteiger partial charge in [-0.2, -0.15) is 0 Å². The quantitative estimate of drug-likeness (QED) is 0.818. The number of carboxylic acids is 1. The first-order chi connectivity index (χ1) is 13.0. The van der Waals surface area contributed by atoms with Crippen LogP contribution in [0, 0.1) is 18.8 Å². The number of aliphatic carboxylic acids is 1. The van der Waals surface area contributed by atoms with Crippen LogP contribution in [0.4, 0.5) is 0 Å². The zero-order valence-electron chi connectivity index (χ0n) is 15.5. The summed E-state index contributed by atoms with van der Waals surface area (Å²) >= 11 is 0. The van der Waals surface area contributed by atoms with Crippen LogP contribution in [0.3, 0.4) is 0 Å². The van der Waals surface area contributed by atoms with E-state index in [0.717, 1.165) is 11.1 Å². The number of benzene rings is 1. The van der Waals surface area contributed by atoms with Gasteiger partial charge in [-0.1, -0.05) is 29.8 Å². The molecule has 0 aliphatic carbocycles. The third-order valence-electron chi connectivity index (χ3n) is 4.99. The average Bonchev–Trinajstić information content (AvgIpc) is 2.68. The van der Waals surface area contributed by atoms with Gasteiger partial charge in [0.05, 0.1) is 11.8 Å². The van der Waals surface area contributed by atoms with Crippen molar-refractivity contribution in [3.05, 3.63) is 65.5 Å². The largest absolute Gasteiger partial charge is 0.481 e. The Kier molecular flexibility index (Phi) is 6.19. The third-order valence-corrected chi connectivity index (χ3v) is 4.99. The van der Waals surface area contributed by atoms with E-state index in [-0.39, 0.29) is 11.8 Å². The number of hydrogen-bond acceptors (Lipinski definition) is 4. The van der Waals surface area contributed by atoms with Crippen LogP contribution < -0.4 is 5.32 Å². The lowest BCUT2D eigenvalue weighted by Crippen LogP contribution is -2.47. The number of pyridine rings is 1. The van der Waals surface area contributed by atoms with Crippen LogP contribution in [-0.2, 0) is 22.7 Å². The summed E-state index contributed by atoms with van der Waals surface area (Å²) in [4.78, 5) is 30.3. The number of hydrogen-bond donors (Lipinski definition) is 2. The number of likely N-dealkylation sites (tertiary alicyclic amines) is 1. The van der Waals surface area contributed by atoms with Crippen LogP contribution in [0.15, 0.2) is 48.8 Å². The molecule has 0 saturated carbocycles. The zero-order valence-corrected chi connectivity index (χ0v) is 15.5. The van der Waals surface area contributed by atoms with Gasteiger partial charge in [0, 0.05) is 38.6 Å². The van der Waals surface area contributed by atoms with Gasteiger partial charge in [-0.15, -0.1) is 0 Å². The lowest BCUT2D eigenvalue weighted by atomic mass is 9.88. The van der Waals surface area contributed by atoms with Crippen molar-refractivity contribution in [3.8, 4) is 0 Å². The summed E-state index contributed by atoms with van der Waals surface area (Å²) in [5.41, 5.74) is 3.29. The monoisotopic (exact) mass is 367 g/mol. The molecule has 1 aliphatic heterocycles. The number of aryl methyl sites for hydroxylation is 1. The van der Waals surface area contributed by atoms with Crippen molar-refractivity contribution in [2.24, 2.45) is 11.8 Å². The second-order valence-corrected chi connectivity index (χ2v) is 7.22. The minimum atomic E-state index is -0.837. The molecule has 27 heavy (non-hydrogen) atoms. The van der Waals surface area contributed by atoms with E-state index in [1.54, 1.807) is 12.4 Å². The van der Waals surface area contributed by atoms with Crippen molar-refractivity contribution in [2.75, 3.05) is 13.1 Å². The third kappa shape index (κ3) is 5.37. The summed E-state index contributed by atoms with van der Waals surface area (Å²) < 4.78 is 0. The van der Waals surface area contributed by atoms with Gasteiger partial charge < -0.3 is 10.4 Å². The molecule has 1 aromatic heterocycles. The van der Waals surface area contributed by atoms with Crippen molar-refractivity contribution in [1.29, 1.82) is 0 Å². The maximum Gasteiger partial charge on any atom is 0.307 e. The van der Waals surface area contributed by atoms with E-state index < -0.39 is 11.9 Å². The van der Waals surface area contributed by atoms with Gasteiger partial charge in [0.15, 0.2) is 0 Å². The van der Waals surface area contributed by atoms with E-state index in [4.69, 9.17) is 0 Å². The maximum atomic E-state index is 12.6. The van der Waals surface area contributed by atoms with Crippen molar-refractivity contribution >= 4 is 11.9 Å². The predicted octanol–water partition coefficient (Wildman–Crippen LogP) is 2.23. The molecule has 0 spiro atoms. The molecule has 1 aliphatic rings. The van der Waals surface area contributed by atoms with Crippen molar-refractivity contribution < 1.29 is 14.7 Å². The highest BCUT2D eigenvalue weighted by atomic mass is 16.4. The molecule has 6 heteroatoms. The highest BCUT2D eigenvalue weighted by molar-refractivity contribution is 5.80. The molecule has 2 N–H and O–H groups in total. The molecule has 2 heterocycles. The second-order valence-electron chi connectivity index (χ2n) is 7.22. The lowest BCUT2D eigenvalue weighted by molar-refractivity contribution is -0.145. The SMILES string of the molecule is Cc1ccc(CN2C[C@H](C(=O)O)C[C@@H](C(=O)NCc3ccncc3)C2)cc1. The highest BCUT2D eigenvalue weighted by Gasteiger charge is 2.34. The maximum absolute atomic E-state index is 12.6. The number of carbonyl (C=O) groups excluding carboxylic acids is 1. The molecule has 1 amide bonds. The van der Waals surface area contributed by atoms with Crippen molar-refractivity contribution in [1.82, 2.24) is 15.2 Å². The van der Waals surface area contributed by atoms with E-state index in [1.165, 1.54) is 5.56 Å². The van der Waals surface area contributed by atoms with E-state index >= 15 is 0 Å². The summed E-state index contributed by atoms with van der Waals surface area (Å²) in [6.45, 7) is 4.15. The first kappa shape index (κ1) is 19.0. The Morgan fingerprint density at radius 2 is 1.74 bits per heavy atom. The fourth-order valence-electron chi connectivity index (χ4n) is 3.47. The number of nitrogens with one attached hydrogen (secondary N) is 1. The molecule has 1 aromatic carbocycles. The van der Waals surface area contributed by atoms with Crippen LogP contribution in [0.2, 0.25) is 0 Å². The molecular weight excluding hydrogens is 342 g/mol. The number of carboxylic acid groups (broad SMARTS) is 1. The normalized spacial score (nSPS) is 20.2. The fourth-order valence-corrected chi connectivity index (χ4v) is 3.47. The number of rotatable bonds is 6. The summed E-state index contributed by atoms with van der Waals surface area (Å²) in [6, 6.07) is 11.9. The molecule has 3 rings (SSSR count). The minimum absolute atomic E-state index is 0.0910. The molecule has 0 unspecified atom stereocenters. The van der Waals surface area contributed by atoms with Gasteiger partial charge >= 0.3 is 5.97 Å². The smallest absolute Gasteiger partial charge is 0.307 e. The second kappa shape index (κ2) is 8.77. The Morgan fingerprint density at radius 3 is 2.41 bits per heavy atom. The van der Waals surface area contributed by atoms with Gasteiger partial charge in [0.25, 0.3) is 0 Å². The molecule has 1 saturated heterocycles. The van der Waals surface area contributed by atoms with Crippen LogP contribution in [0.5, 0.6) is 0 Å². The fraction of sp³-hybridized carbons (Fsp3) is 0.381. The van der Waals surface area contributed by atoms with Crippen LogP contribution in [0.25, 0.3) is 0 Å². The van der Waals surface area contributed by atoms with E-state index in [1.807, 2.05) is 31.2 Å². The highest BCUT2D eigenvalue weighted by Crippen LogP contribution is 2.24. The van der Waals surface area contributed by atoms with E-state index in [0.29, 0.717) is 32.6 Å². The Balaban J connectivity index is 1.63. The van der Waals surface area contributed by atoms with E-state index in [2.05, 4.69) is 27.3 Å². The van der Waals surface area contributed by atoms with Crippen LogP contribution in [0.1, 0.15) is 23.1 Å². The number of aromatic nitrogens is 1. The molecule has 0 radical (unpaired) electrons. The summed E-state index contributed by atoms with van der Waals surface area (Å²) in [7, 11) is 0. The molecule has 142 valence electrons. The zero-order chi connectivity index (χ0) is 19.2. The van der Waals surface area contributed by atoms with Crippen molar-refractivity contribution in [3.63, 3.8) is 0 Å². The first-order valence-electron chi connectivity index (χ1n) is 9.18. The van der Waals surface area contributed by atoms with Gasteiger partial charge in [0.1, 0.15) is 0 Å². The molecule has 0 bridgehead atoms. The number of carbonyl (C=O) groups is 2. The topological polar surface area (TPSA) is 82.5 Å². The predicted molar refractivity (Wildman–Crippen MR) is 102 cm³/mol. The van der Waals surface area contributed by atoms with Gasteiger partial charge in [-0.25, -0.2) is 0 Å². The summed E-state index contributed by atoms with van der Waals surface area (Å²) in [5, 5.41) is 12.4.